The lowest BCUT2D eigenvalue weighted by Crippen LogP contribution is -2.59. The van der Waals surface area contributed by atoms with E-state index in [4.69, 9.17) is 14.2 Å². The molecule has 2 heterocycles. The van der Waals surface area contributed by atoms with E-state index in [9.17, 15) is 14.0 Å². The largest absolute Gasteiger partial charge is 0.490 e. The summed E-state index contributed by atoms with van der Waals surface area (Å²) in [6.45, 7) is 6.26. The molecule has 166 valence electrons. The fraction of sp³-hybridized carbons (Fsp3) is 0.409. The van der Waals surface area contributed by atoms with E-state index in [1.165, 1.54) is 29.2 Å². The van der Waals surface area contributed by atoms with Crippen LogP contribution in [0.1, 0.15) is 20.8 Å². The molecule has 3 rings (SSSR count). The zero-order valence-electron chi connectivity index (χ0n) is 17.8. The van der Waals surface area contributed by atoms with Gasteiger partial charge < -0.3 is 19.1 Å². The van der Waals surface area contributed by atoms with Crippen LogP contribution in [0.25, 0.3) is 0 Å². The number of nitrogens with zero attached hydrogens (tertiary/aromatic N) is 3. The highest BCUT2D eigenvalue weighted by atomic mass is 19.1. The second-order valence-electron chi connectivity index (χ2n) is 8.10. The molecular weight excluding hydrogens is 405 g/mol. The van der Waals surface area contributed by atoms with E-state index in [0.717, 1.165) is 0 Å². The summed E-state index contributed by atoms with van der Waals surface area (Å²) in [6.07, 6.45) is 2.14. The van der Waals surface area contributed by atoms with Crippen molar-refractivity contribution in [2.24, 2.45) is 0 Å². The molecule has 1 unspecified atom stereocenters. The zero-order valence-corrected chi connectivity index (χ0v) is 17.8. The van der Waals surface area contributed by atoms with Crippen molar-refractivity contribution in [1.29, 1.82) is 0 Å². The molecule has 0 radical (unpaired) electrons. The number of rotatable bonds is 4. The van der Waals surface area contributed by atoms with Gasteiger partial charge >= 0.3 is 12.2 Å². The third kappa shape index (κ3) is 6.56. The third-order valence-electron chi connectivity index (χ3n) is 4.46. The van der Waals surface area contributed by atoms with Gasteiger partial charge in [-0.3, -0.25) is 9.88 Å². The van der Waals surface area contributed by atoms with Crippen LogP contribution in [0.3, 0.4) is 0 Å². The molecule has 1 aliphatic heterocycles. The summed E-state index contributed by atoms with van der Waals surface area (Å²) in [5.41, 5.74) is -0.628. The number of benzene rings is 1. The number of carbonyl (C=O) groups excluding carboxylic acids is 2. The Morgan fingerprint density at radius 2 is 1.84 bits per heavy atom. The molecular formula is C22H26FN3O5. The van der Waals surface area contributed by atoms with Crippen LogP contribution < -0.4 is 9.47 Å². The number of pyridine rings is 1. The van der Waals surface area contributed by atoms with Crippen LogP contribution in [-0.4, -0.2) is 64.9 Å². The Kier molecular flexibility index (Phi) is 6.94. The molecule has 0 aliphatic carbocycles. The van der Waals surface area contributed by atoms with E-state index in [2.05, 4.69) is 4.98 Å². The summed E-state index contributed by atoms with van der Waals surface area (Å²) in [5, 5.41) is 0. The van der Waals surface area contributed by atoms with Gasteiger partial charge in [0.25, 0.3) is 0 Å². The van der Waals surface area contributed by atoms with Crippen molar-refractivity contribution in [2.45, 2.75) is 32.4 Å². The van der Waals surface area contributed by atoms with Gasteiger partial charge in [-0.15, -0.1) is 0 Å². The molecule has 9 heteroatoms. The van der Waals surface area contributed by atoms with Crippen LogP contribution in [0.5, 0.6) is 11.5 Å². The van der Waals surface area contributed by atoms with E-state index in [1.807, 2.05) is 0 Å². The molecule has 8 nitrogen and oxygen atoms in total. The van der Waals surface area contributed by atoms with Gasteiger partial charge in [0.1, 0.15) is 29.5 Å². The predicted octanol–water partition coefficient (Wildman–Crippen LogP) is 3.72. The van der Waals surface area contributed by atoms with E-state index >= 15 is 0 Å². The number of halogens is 1. The number of amides is 2. The van der Waals surface area contributed by atoms with E-state index < -0.39 is 29.6 Å². The van der Waals surface area contributed by atoms with Gasteiger partial charge in [0.2, 0.25) is 0 Å². The average Bonchev–Trinajstić information content (AvgIpc) is 2.73. The van der Waals surface area contributed by atoms with Crippen molar-refractivity contribution in [3.63, 3.8) is 0 Å². The highest BCUT2D eigenvalue weighted by molar-refractivity contribution is 5.72. The summed E-state index contributed by atoms with van der Waals surface area (Å²) < 4.78 is 29.7. The molecule has 1 atom stereocenters. The number of aromatic nitrogens is 1. The maximum absolute atomic E-state index is 13.1. The Labute approximate surface area is 180 Å². The summed E-state index contributed by atoms with van der Waals surface area (Å²) in [4.78, 5) is 32.4. The minimum absolute atomic E-state index is 0.128. The minimum atomic E-state index is -0.628. The first-order chi connectivity index (χ1) is 14.7. The van der Waals surface area contributed by atoms with Gasteiger partial charge in [0.05, 0.1) is 12.2 Å². The van der Waals surface area contributed by atoms with E-state index in [-0.39, 0.29) is 32.0 Å². The summed E-state index contributed by atoms with van der Waals surface area (Å²) in [6, 6.07) is 8.20. The van der Waals surface area contributed by atoms with Crippen LogP contribution in [0, 0.1) is 5.82 Å². The van der Waals surface area contributed by atoms with Crippen molar-refractivity contribution in [3.05, 3.63) is 54.6 Å². The summed E-state index contributed by atoms with van der Waals surface area (Å²) in [7, 11) is 0. The monoisotopic (exact) mass is 431 g/mol. The Morgan fingerprint density at radius 1 is 1.10 bits per heavy atom. The molecule has 0 bridgehead atoms. The lowest BCUT2D eigenvalue weighted by molar-refractivity contribution is 0.000827. The lowest BCUT2D eigenvalue weighted by Gasteiger charge is -2.40. The summed E-state index contributed by atoms with van der Waals surface area (Å²) in [5.74, 6) is 0.352. The molecule has 1 aliphatic rings. The van der Waals surface area contributed by atoms with Crippen LogP contribution in [0.2, 0.25) is 0 Å². The average molecular weight is 431 g/mol. The fourth-order valence-corrected chi connectivity index (χ4v) is 3.02. The molecule has 0 N–H and O–H groups in total. The molecule has 1 saturated heterocycles. The second-order valence-corrected chi connectivity index (χ2v) is 8.10. The molecule has 0 saturated carbocycles. The Hall–Kier alpha value is -3.36. The number of carbonyl (C=O) groups is 2. The Bertz CT molecular complexity index is 886. The van der Waals surface area contributed by atoms with Gasteiger partial charge in [0.15, 0.2) is 0 Å². The van der Waals surface area contributed by atoms with Gasteiger partial charge in [-0.1, -0.05) is 0 Å². The van der Waals surface area contributed by atoms with Crippen molar-refractivity contribution >= 4 is 12.2 Å². The molecule has 2 amide bonds. The third-order valence-corrected chi connectivity index (χ3v) is 4.46. The van der Waals surface area contributed by atoms with Crippen molar-refractivity contribution < 1.29 is 28.2 Å². The van der Waals surface area contributed by atoms with Gasteiger partial charge in [0, 0.05) is 25.8 Å². The SMILES string of the molecule is CC(C)(C)OC(=O)N1CCN(C(=O)Oc2ccc(F)cc2)C(COc2cccnc2)C1. The Balaban J connectivity index is 1.70. The normalized spacial score (nSPS) is 16.6. The highest BCUT2D eigenvalue weighted by Gasteiger charge is 2.36. The zero-order chi connectivity index (χ0) is 22.4. The molecule has 2 aromatic rings. The number of ether oxygens (including phenoxy) is 3. The first kappa shape index (κ1) is 22.3. The van der Waals surface area contributed by atoms with Crippen molar-refractivity contribution in [2.75, 3.05) is 26.2 Å². The number of hydrogen-bond donors (Lipinski definition) is 0. The van der Waals surface area contributed by atoms with Gasteiger partial charge in [-0.05, 0) is 57.2 Å². The first-order valence-electron chi connectivity index (χ1n) is 9.96. The van der Waals surface area contributed by atoms with E-state index in [1.54, 1.807) is 50.2 Å². The van der Waals surface area contributed by atoms with Crippen LogP contribution >= 0.6 is 0 Å². The molecule has 1 fully saturated rings. The maximum Gasteiger partial charge on any atom is 0.415 e. The smallest absolute Gasteiger partial charge is 0.415 e. The molecule has 1 aromatic heterocycles. The van der Waals surface area contributed by atoms with Crippen LogP contribution in [0.15, 0.2) is 48.8 Å². The topological polar surface area (TPSA) is 81.2 Å². The Morgan fingerprint density at radius 3 is 2.48 bits per heavy atom. The predicted molar refractivity (Wildman–Crippen MR) is 110 cm³/mol. The molecule has 31 heavy (non-hydrogen) atoms. The standard InChI is InChI=1S/C22H26FN3O5/c1-22(2,3)31-20(27)25-11-12-26(21(28)30-18-8-6-16(23)7-9-18)17(14-25)15-29-19-5-4-10-24-13-19/h4-10,13,17H,11-12,14-15H2,1-3H3. The second kappa shape index (κ2) is 9.63. The van der Waals surface area contributed by atoms with Gasteiger partial charge in [-0.2, -0.15) is 0 Å². The first-order valence-corrected chi connectivity index (χ1v) is 9.96. The van der Waals surface area contributed by atoms with Gasteiger partial charge in [-0.25, -0.2) is 14.0 Å². The summed E-state index contributed by atoms with van der Waals surface area (Å²) >= 11 is 0. The van der Waals surface area contributed by atoms with Crippen molar-refractivity contribution in [3.8, 4) is 11.5 Å². The lowest BCUT2D eigenvalue weighted by atomic mass is 10.2. The van der Waals surface area contributed by atoms with Crippen LogP contribution in [-0.2, 0) is 4.74 Å². The highest BCUT2D eigenvalue weighted by Crippen LogP contribution is 2.19. The number of hydrogen-bond acceptors (Lipinski definition) is 6. The maximum atomic E-state index is 13.1. The van der Waals surface area contributed by atoms with Crippen LogP contribution in [0.4, 0.5) is 14.0 Å². The quantitative estimate of drug-likeness (QED) is 0.734. The fourth-order valence-electron chi connectivity index (χ4n) is 3.02. The molecule has 1 aromatic carbocycles. The minimum Gasteiger partial charge on any atom is -0.490 e. The van der Waals surface area contributed by atoms with Crippen molar-refractivity contribution in [1.82, 2.24) is 14.8 Å². The van der Waals surface area contributed by atoms with E-state index in [0.29, 0.717) is 5.75 Å². The number of piperazine rings is 1. The molecule has 0 spiro atoms.